The molecule has 1 radical (unpaired) electrons. The van der Waals surface area contributed by atoms with Crippen LogP contribution in [0.25, 0.3) is 5.69 Å². The second kappa shape index (κ2) is 7.11. The van der Waals surface area contributed by atoms with Crippen LogP contribution in [0.1, 0.15) is 0 Å². The number of aromatic nitrogens is 2. The van der Waals surface area contributed by atoms with Crippen LogP contribution in [-0.4, -0.2) is 46.4 Å². The summed E-state index contributed by atoms with van der Waals surface area (Å²) in [5.74, 6) is 0.365. The SMILES string of the molecule is COc1cnn(-c2cc(Cl)cc(Cl)c2)c(=O)c1Br.[Na]. The van der Waals surface area contributed by atoms with Gasteiger partial charge in [-0.25, -0.2) is 0 Å². The monoisotopic (exact) mass is 371 g/mol. The Morgan fingerprint density at radius 3 is 2.37 bits per heavy atom. The number of halogens is 3. The van der Waals surface area contributed by atoms with Gasteiger partial charge in [0.2, 0.25) is 0 Å². The van der Waals surface area contributed by atoms with Crippen LogP contribution in [0, 0.1) is 0 Å². The summed E-state index contributed by atoms with van der Waals surface area (Å²) >= 11 is 14.9. The van der Waals surface area contributed by atoms with Gasteiger partial charge in [0.05, 0.1) is 19.0 Å². The van der Waals surface area contributed by atoms with Crippen molar-refractivity contribution in [1.82, 2.24) is 9.78 Å². The summed E-state index contributed by atoms with van der Waals surface area (Å²) in [6.45, 7) is 0. The Bertz CT molecular complexity index is 643. The molecule has 8 heteroatoms. The third-order valence-electron chi connectivity index (χ3n) is 2.20. The number of benzene rings is 1. The smallest absolute Gasteiger partial charge is 0.289 e. The van der Waals surface area contributed by atoms with Crippen molar-refractivity contribution in [2.75, 3.05) is 7.11 Å². The van der Waals surface area contributed by atoms with Gasteiger partial charge >= 0.3 is 0 Å². The zero-order valence-corrected chi connectivity index (χ0v) is 15.3. The minimum absolute atomic E-state index is 0. The van der Waals surface area contributed by atoms with E-state index in [-0.39, 0.29) is 39.6 Å². The molecule has 0 saturated carbocycles. The van der Waals surface area contributed by atoms with E-state index in [1.165, 1.54) is 18.0 Å². The van der Waals surface area contributed by atoms with Gasteiger partial charge in [0.15, 0.2) is 5.75 Å². The van der Waals surface area contributed by atoms with Crippen molar-refractivity contribution in [3.8, 4) is 11.4 Å². The van der Waals surface area contributed by atoms with Crippen molar-refractivity contribution in [2.24, 2.45) is 0 Å². The number of nitrogens with zero attached hydrogens (tertiary/aromatic N) is 2. The molecule has 4 nitrogen and oxygen atoms in total. The van der Waals surface area contributed by atoms with E-state index in [1.807, 2.05) is 0 Å². The average molecular weight is 373 g/mol. The van der Waals surface area contributed by atoms with Crippen LogP contribution in [0.5, 0.6) is 5.75 Å². The molecule has 0 fully saturated rings. The van der Waals surface area contributed by atoms with E-state index in [4.69, 9.17) is 27.9 Å². The zero-order valence-electron chi connectivity index (χ0n) is 10.2. The van der Waals surface area contributed by atoms with E-state index in [0.29, 0.717) is 21.5 Å². The predicted molar refractivity (Wildman–Crippen MR) is 79.9 cm³/mol. The van der Waals surface area contributed by atoms with Gasteiger partial charge in [-0.2, -0.15) is 9.78 Å². The maximum Gasteiger partial charge on any atom is 0.289 e. The molecule has 1 aromatic carbocycles. The van der Waals surface area contributed by atoms with Crippen LogP contribution in [-0.2, 0) is 0 Å². The van der Waals surface area contributed by atoms with Crippen LogP contribution in [0.4, 0.5) is 0 Å². The summed E-state index contributed by atoms with van der Waals surface area (Å²) in [5, 5.41) is 4.85. The van der Waals surface area contributed by atoms with E-state index in [9.17, 15) is 4.79 Å². The molecule has 0 atom stereocenters. The van der Waals surface area contributed by atoms with E-state index >= 15 is 0 Å². The number of hydrogen-bond donors (Lipinski definition) is 0. The van der Waals surface area contributed by atoms with Crippen molar-refractivity contribution in [3.63, 3.8) is 0 Å². The Kier molecular flexibility index (Phi) is 6.36. The molecule has 95 valence electrons. The predicted octanol–water partition coefficient (Wildman–Crippen LogP) is 2.93. The Balaban J connectivity index is 0.00000180. The molecule has 0 amide bonds. The van der Waals surface area contributed by atoms with Crippen molar-refractivity contribution in [1.29, 1.82) is 0 Å². The van der Waals surface area contributed by atoms with Crippen molar-refractivity contribution < 1.29 is 4.74 Å². The molecule has 0 aliphatic rings. The maximum atomic E-state index is 12.1. The Labute approximate surface area is 150 Å². The molecular formula is C11H7BrCl2N2NaO2. The largest absolute Gasteiger partial charge is 0.494 e. The minimum Gasteiger partial charge on any atom is -0.494 e. The van der Waals surface area contributed by atoms with Crippen LogP contribution in [0.15, 0.2) is 33.7 Å². The number of ether oxygens (including phenoxy) is 1. The second-order valence-electron chi connectivity index (χ2n) is 3.37. The molecule has 2 aromatic rings. The Morgan fingerprint density at radius 2 is 1.84 bits per heavy atom. The summed E-state index contributed by atoms with van der Waals surface area (Å²) in [7, 11) is 1.46. The van der Waals surface area contributed by atoms with Gasteiger partial charge in [-0.1, -0.05) is 23.2 Å². The summed E-state index contributed by atoms with van der Waals surface area (Å²) in [4.78, 5) is 12.1. The first-order valence-corrected chi connectivity index (χ1v) is 6.36. The molecule has 1 aromatic heterocycles. The number of hydrogen-bond acceptors (Lipinski definition) is 3. The molecule has 0 aliphatic heterocycles. The van der Waals surface area contributed by atoms with Gasteiger partial charge in [-0.15, -0.1) is 0 Å². The van der Waals surface area contributed by atoms with Crippen LogP contribution >= 0.6 is 39.1 Å². The first-order valence-electron chi connectivity index (χ1n) is 4.81. The first kappa shape index (κ1) is 17.0. The topological polar surface area (TPSA) is 44.1 Å². The van der Waals surface area contributed by atoms with Gasteiger partial charge in [-0.3, -0.25) is 4.79 Å². The number of methoxy groups -OCH3 is 1. The van der Waals surface area contributed by atoms with Gasteiger partial charge in [0.1, 0.15) is 4.47 Å². The fourth-order valence-electron chi connectivity index (χ4n) is 1.41. The third kappa shape index (κ3) is 3.74. The normalized spacial score (nSPS) is 9.89. The van der Waals surface area contributed by atoms with Crippen molar-refractivity contribution in [2.45, 2.75) is 0 Å². The second-order valence-corrected chi connectivity index (χ2v) is 5.04. The minimum atomic E-state index is -0.354. The standard InChI is InChI=1S/C11H7BrCl2N2O2.Na/c1-18-9-5-15-16(11(17)10(9)12)8-3-6(13)2-7(14)4-8;/h2-5H,1H3;. The van der Waals surface area contributed by atoms with Gasteiger partial charge in [0, 0.05) is 39.6 Å². The van der Waals surface area contributed by atoms with E-state index in [2.05, 4.69) is 21.0 Å². The molecule has 0 saturated heterocycles. The van der Waals surface area contributed by atoms with Crippen LogP contribution in [0.3, 0.4) is 0 Å². The van der Waals surface area contributed by atoms with E-state index in [0.717, 1.165) is 0 Å². The Morgan fingerprint density at radius 1 is 1.26 bits per heavy atom. The number of rotatable bonds is 2. The van der Waals surface area contributed by atoms with Crippen LogP contribution < -0.4 is 10.3 Å². The molecule has 0 N–H and O–H groups in total. The zero-order chi connectivity index (χ0) is 13.3. The quantitative estimate of drug-likeness (QED) is 0.761. The molecule has 19 heavy (non-hydrogen) atoms. The summed E-state index contributed by atoms with van der Waals surface area (Å²) in [6, 6.07) is 4.78. The van der Waals surface area contributed by atoms with Gasteiger partial charge < -0.3 is 4.74 Å². The summed E-state index contributed by atoms with van der Waals surface area (Å²) in [6.07, 6.45) is 1.43. The van der Waals surface area contributed by atoms with E-state index < -0.39 is 0 Å². The molecule has 0 spiro atoms. The van der Waals surface area contributed by atoms with Gasteiger partial charge in [-0.05, 0) is 34.1 Å². The molecule has 0 unspecified atom stereocenters. The molecule has 1 heterocycles. The summed E-state index contributed by atoms with van der Waals surface area (Å²) < 4.78 is 6.46. The van der Waals surface area contributed by atoms with E-state index in [1.54, 1.807) is 18.2 Å². The van der Waals surface area contributed by atoms with Crippen molar-refractivity contribution in [3.05, 3.63) is 49.3 Å². The van der Waals surface area contributed by atoms with Crippen LogP contribution in [0.2, 0.25) is 10.0 Å². The first-order chi connectivity index (χ1) is 8.52. The fraction of sp³-hybridized carbons (Fsp3) is 0.0909. The third-order valence-corrected chi connectivity index (χ3v) is 3.37. The summed E-state index contributed by atoms with van der Waals surface area (Å²) in [5.41, 5.74) is 0.133. The Hall–Kier alpha value is -0.0400. The molecule has 2 rings (SSSR count). The fourth-order valence-corrected chi connectivity index (χ4v) is 2.35. The average Bonchev–Trinajstić information content (AvgIpc) is 2.31. The maximum absolute atomic E-state index is 12.1. The van der Waals surface area contributed by atoms with Crippen molar-refractivity contribution >= 4 is 68.7 Å². The molecule has 0 aliphatic carbocycles. The van der Waals surface area contributed by atoms with Gasteiger partial charge in [0.25, 0.3) is 5.56 Å². The molecule has 0 bridgehead atoms. The molecular weight excluding hydrogens is 366 g/mol.